The van der Waals surface area contributed by atoms with Crippen LogP contribution in [0.5, 0.6) is 5.75 Å². The monoisotopic (exact) mass is 386 g/mol. The van der Waals surface area contributed by atoms with Crippen LogP contribution in [-0.4, -0.2) is 32.7 Å². The molecular weight excluding hydrogens is 368 g/mol. The molecule has 1 amide bonds. The third kappa shape index (κ3) is 4.37. The number of imidazole rings is 1. The van der Waals surface area contributed by atoms with E-state index in [9.17, 15) is 14.9 Å². The first-order chi connectivity index (χ1) is 13.0. The van der Waals surface area contributed by atoms with E-state index in [1.165, 1.54) is 23.9 Å². The van der Waals surface area contributed by atoms with E-state index in [1.807, 2.05) is 25.1 Å². The summed E-state index contributed by atoms with van der Waals surface area (Å²) in [6, 6.07) is 11.6. The maximum atomic E-state index is 12.4. The molecule has 0 bridgehead atoms. The number of hydrogen-bond acceptors (Lipinski definition) is 6. The van der Waals surface area contributed by atoms with E-state index in [-0.39, 0.29) is 17.3 Å². The van der Waals surface area contributed by atoms with Gasteiger partial charge in [0.1, 0.15) is 11.4 Å². The highest BCUT2D eigenvalue weighted by Gasteiger charge is 2.20. The third-order valence-electron chi connectivity index (χ3n) is 3.76. The van der Waals surface area contributed by atoms with Crippen molar-refractivity contribution in [2.75, 3.05) is 11.9 Å². The lowest BCUT2D eigenvalue weighted by molar-refractivity contribution is -0.383. The van der Waals surface area contributed by atoms with Crippen molar-refractivity contribution in [3.8, 4) is 5.75 Å². The average Bonchev–Trinajstić information content (AvgIpc) is 3.03. The molecule has 27 heavy (non-hydrogen) atoms. The van der Waals surface area contributed by atoms with Gasteiger partial charge < -0.3 is 15.0 Å². The van der Waals surface area contributed by atoms with Crippen LogP contribution in [0.1, 0.15) is 13.8 Å². The van der Waals surface area contributed by atoms with Crippen molar-refractivity contribution in [1.29, 1.82) is 0 Å². The van der Waals surface area contributed by atoms with Crippen LogP contribution in [0.3, 0.4) is 0 Å². The van der Waals surface area contributed by atoms with Gasteiger partial charge in [0.2, 0.25) is 5.91 Å². The summed E-state index contributed by atoms with van der Waals surface area (Å²) in [5, 5.41) is 13.8. The number of fused-ring (bicyclic) bond motifs is 1. The number of ether oxygens (including phenoxy) is 1. The molecule has 3 rings (SSSR count). The Bertz CT molecular complexity index is 988. The minimum Gasteiger partial charge on any atom is -0.494 e. The van der Waals surface area contributed by atoms with Gasteiger partial charge in [-0.15, -0.1) is 0 Å². The van der Waals surface area contributed by atoms with Crippen LogP contribution in [0.15, 0.2) is 47.6 Å². The zero-order chi connectivity index (χ0) is 19.4. The number of benzene rings is 2. The molecule has 0 radical (unpaired) electrons. The summed E-state index contributed by atoms with van der Waals surface area (Å²) in [5.41, 5.74) is 1.61. The number of amides is 1. The minimum absolute atomic E-state index is 0.143. The Morgan fingerprint density at radius 3 is 2.89 bits per heavy atom. The highest BCUT2D eigenvalue weighted by molar-refractivity contribution is 8.00. The summed E-state index contributed by atoms with van der Waals surface area (Å²) in [4.78, 5) is 30.6. The van der Waals surface area contributed by atoms with Gasteiger partial charge in [-0.2, -0.15) is 0 Å². The molecule has 1 heterocycles. The minimum atomic E-state index is -0.525. The molecular formula is C18H18N4O4S. The molecule has 1 unspecified atom stereocenters. The number of nitro groups is 1. The van der Waals surface area contributed by atoms with E-state index in [1.54, 1.807) is 19.1 Å². The molecule has 0 fully saturated rings. The van der Waals surface area contributed by atoms with Crippen molar-refractivity contribution in [2.45, 2.75) is 24.3 Å². The van der Waals surface area contributed by atoms with E-state index in [4.69, 9.17) is 4.74 Å². The molecule has 2 N–H and O–H groups in total. The molecule has 0 aliphatic heterocycles. The Morgan fingerprint density at radius 2 is 2.15 bits per heavy atom. The molecule has 1 atom stereocenters. The smallest absolute Gasteiger partial charge is 0.292 e. The van der Waals surface area contributed by atoms with Crippen molar-refractivity contribution in [2.24, 2.45) is 0 Å². The van der Waals surface area contributed by atoms with E-state index in [0.717, 1.165) is 16.8 Å². The van der Waals surface area contributed by atoms with Crippen molar-refractivity contribution in [3.63, 3.8) is 0 Å². The number of carbonyl (C=O) groups excluding carboxylic acids is 1. The second kappa shape index (κ2) is 8.09. The van der Waals surface area contributed by atoms with Crippen LogP contribution in [0, 0.1) is 10.1 Å². The van der Waals surface area contributed by atoms with Crippen LogP contribution in [-0.2, 0) is 4.79 Å². The lowest BCUT2D eigenvalue weighted by Crippen LogP contribution is -2.23. The number of nitrogens with zero attached hydrogens (tertiary/aromatic N) is 2. The second-order valence-electron chi connectivity index (χ2n) is 5.68. The van der Waals surface area contributed by atoms with Crippen molar-refractivity contribution < 1.29 is 14.5 Å². The number of hydrogen-bond donors (Lipinski definition) is 2. The van der Waals surface area contributed by atoms with E-state index in [2.05, 4.69) is 15.3 Å². The zero-order valence-corrected chi connectivity index (χ0v) is 15.6. The van der Waals surface area contributed by atoms with Gasteiger partial charge in [0, 0.05) is 12.1 Å². The summed E-state index contributed by atoms with van der Waals surface area (Å²) in [6.45, 7) is 4.20. The van der Waals surface area contributed by atoms with Crippen LogP contribution in [0.2, 0.25) is 0 Å². The average molecular weight is 386 g/mol. The summed E-state index contributed by atoms with van der Waals surface area (Å²) < 4.78 is 5.47. The molecule has 0 saturated heterocycles. The number of rotatable bonds is 7. The van der Waals surface area contributed by atoms with Gasteiger partial charge in [-0.05, 0) is 32.0 Å². The molecule has 140 valence electrons. The standard InChI is InChI=1S/C18H18N4O4S/c1-3-26-12-8-9-13-15(10-12)21-18(20-13)27-11(2)17(23)19-14-6-4-5-7-16(14)22(24)25/h4-11H,3H2,1-2H3,(H,19,23)(H,20,21). The lowest BCUT2D eigenvalue weighted by Gasteiger charge is -2.10. The van der Waals surface area contributed by atoms with Gasteiger partial charge in [0.25, 0.3) is 5.69 Å². The van der Waals surface area contributed by atoms with Crippen LogP contribution in [0.4, 0.5) is 11.4 Å². The lowest BCUT2D eigenvalue weighted by atomic mass is 10.2. The Kier molecular flexibility index (Phi) is 5.60. The van der Waals surface area contributed by atoms with Gasteiger partial charge in [-0.3, -0.25) is 14.9 Å². The summed E-state index contributed by atoms with van der Waals surface area (Å²) in [6.07, 6.45) is 0. The Morgan fingerprint density at radius 1 is 1.37 bits per heavy atom. The number of thioether (sulfide) groups is 1. The highest BCUT2D eigenvalue weighted by Crippen LogP contribution is 2.28. The maximum Gasteiger partial charge on any atom is 0.292 e. The number of H-pyrrole nitrogens is 1. The van der Waals surface area contributed by atoms with Gasteiger partial charge in [-0.1, -0.05) is 23.9 Å². The van der Waals surface area contributed by atoms with Crippen LogP contribution < -0.4 is 10.1 Å². The zero-order valence-electron chi connectivity index (χ0n) is 14.8. The molecule has 0 saturated carbocycles. The summed E-state index contributed by atoms with van der Waals surface area (Å²) >= 11 is 1.24. The second-order valence-corrected chi connectivity index (χ2v) is 7.01. The third-order valence-corrected chi connectivity index (χ3v) is 4.74. The molecule has 0 spiro atoms. The number of aromatic amines is 1. The number of anilines is 1. The number of para-hydroxylation sites is 2. The fourth-order valence-electron chi connectivity index (χ4n) is 2.47. The SMILES string of the molecule is CCOc1ccc2nc(SC(C)C(=O)Nc3ccccc3[N+](=O)[O-])[nH]c2c1. The number of nitro benzene ring substituents is 1. The predicted octanol–water partition coefficient (Wildman–Crippen LogP) is 3.99. The first-order valence-electron chi connectivity index (χ1n) is 8.31. The van der Waals surface area contributed by atoms with Crippen LogP contribution >= 0.6 is 11.8 Å². The predicted molar refractivity (Wildman–Crippen MR) is 104 cm³/mol. The molecule has 3 aromatic rings. The van der Waals surface area contributed by atoms with E-state index < -0.39 is 10.2 Å². The highest BCUT2D eigenvalue weighted by atomic mass is 32.2. The van der Waals surface area contributed by atoms with Crippen molar-refractivity contribution >= 4 is 40.1 Å². The van der Waals surface area contributed by atoms with Gasteiger partial charge in [-0.25, -0.2) is 4.98 Å². The summed E-state index contributed by atoms with van der Waals surface area (Å²) in [5.74, 6) is 0.400. The fourth-order valence-corrected chi connectivity index (χ4v) is 3.29. The van der Waals surface area contributed by atoms with E-state index in [0.29, 0.717) is 11.8 Å². The fraction of sp³-hybridized carbons (Fsp3) is 0.222. The Labute approximate surface area is 159 Å². The quantitative estimate of drug-likeness (QED) is 0.361. The molecule has 0 aliphatic rings. The van der Waals surface area contributed by atoms with E-state index >= 15 is 0 Å². The summed E-state index contributed by atoms with van der Waals surface area (Å²) in [7, 11) is 0. The molecule has 2 aromatic carbocycles. The molecule has 9 heteroatoms. The Balaban J connectivity index is 1.71. The largest absolute Gasteiger partial charge is 0.494 e. The molecule has 8 nitrogen and oxygen atoms in total. The Hall–Kier alpha value is -3.07. The van der Waals surface area contributed by atoms with Crippen LogP contribution in [0.25, 0.3) is 11.0 Å². The van der Waals surface area contributed by atoms with Gasteiger partial charge >= 0.3 is 0 Å². The van der Waals surface area contributed by atoms with Gasteiger partial charge in [0.15, 0.2) is 5.16 Å². The topological polar surface area (TPSA) is 110 Å². The molecule has 1 aromatic heterocycles. The first-order valence-corrected chi connectivity index (χ1v) is 9.19. The number of carbonyl (C=O) groups is 1. The number of aromatic nitrogens is 2. The van der Waals surface area contributed by atoms with Crippen molar-refractivity contribution in [3.05, 3.63) is 52.6 Å². The van der Waals surface area contributed by atoms with Gasteiger partial charge in [0.05, 0.1) is 27.8 Å². The maximum absolute atomic E-state index is 12.4. The normalized spacial score (nSPS) is 11.9. The van der Waals surface area contributed by atoms with Crippen molar-refractivity contribution in [1.82, 2.24) is 9.97 Å². The first kappa shape index (κ1) is 18.7. The molecule has 0 aliphatic carbocycles. The number of nitrogens with one attached hydrogen (secondary N) is 2.